The van der Waals surface area contributed by atoms with E-state index in [0.717, 1.165) is 22.8 Å². The molecular formula is C18H20N4O. The maximum atomic E-state index is 12.0. The van der Waals surface area contributed by atoms with Gasteiger partial charge in [-0.25, -0.2) is 4.98 Å². The second kappa shape index (κ2) is 6.52. The Hall–Kier alpha value is -2.82. The average molecular weight is 308 g/mol. The first-order chi connectivity index (χ1) is 11.1. The topological polar surface area (TPSA) is 51.9 Å². The molecule has 2 heterocycles. The van der Waals surface area contributed by atoms with E-state index in [1.54, 1.807) is 0 Å². The normalized spacial score (nSPS) is 10.7. The summed E-state index contributed by atoms with van der Waals surface area (Å²) in [4.78, 5) is 16.3. The summed E-state index contributed by atoms with van der Waals surface area (Å²) >= 11 is 0. The molecule has 5 nitrogen and oxygen atoms in total. The first-order valence-corrected chi connectivity index (χ1v) is 7.65. The molecule has 0 aliphatic heterocycles. The summed E-state index contributed by atoms with van der Waals surface area (Å²) in [5.41, 5.74) is 3.98. The molecule has 0 aliphatic carbocycles. The van der Waals surface area contributed by atoms with E-state index in [9.17, 15) is 4.79 Å². The van der Waals surface area contributed by atoms with Crippen molar-refractivity contribution in [3.05, 3.63) is 66.5 Å². The summed E-state index contributed by atoms with van der Waals surface area (Å²) in [7, 11) is 0. The van der Waals surface area contributed by atoms with E-state index < -0.39 is 0 Å². The fourth-order valence-electron chi connectivity index (χ4n) is 2.44. The highest BCUT2D eigenvalue weighted by Gasteiger charge is 2.06. The van der Waals surface area contributed by atoms with Crippen LogP contribution in [0.4, 0.5) is 5.69 Å². The number of aryl methyl sites for hydroxylation is 2. The lowest BCUT2D eigenvalue weighted by atomic mass is 10.2. The lowest BCUT2D eigenvalue weighted by Crippen LogP contribution is -2.14. The van der Waals surface area contributed by atoms with Crippen LogP contribution in [-0.4, -0.2) is 20.0 Å². The van der Waals surface area contributed by atoms with Gasteiger partial charge < -0.3 is 14.5 Å². The Labute approximate surface area is 135 Å². The lowest BCUT2D eigenvalue weighted by Gasteiger charge is -2.09. The molecule has 0 unspecified atom stereocenters. The summed E-state index contributed by atoms with van der Waals surface area (Å²) in [5.74, 6) is 0.0149. The number of amides is 1. The second-order valence-corrected chi connectivity index (χ2v) is 5.55. The molecule has 0 radical (unpaired) electrons. The van der Waals surface area contributed by atoms with Gasteiger partial charge in [-0.05, 0) is 50.2 Å². The van der Waals surface area contributed by atoms with Gasteiger partial charge in [0.05, 0.1) is 12.0 Å². The molecule has 3 aromatic rings. The third-order valence-corrected chi connectivity index (χ3v) is 3.94. The van der Waals surface area contributed by atoms with Gasteiger partial charge in [-0.1, -0.05) is 0 Å². The van der Waals surface area contributed by atoms with Crippen LogP contribution in [0.15, 0.2) is 55.1 Å². The van der Waals surface area contributed by atoms with Gasteiger partial charge in [0.15, 0.2) is 0 Å². The highest BCUT2D eigenvalue weighted by molar-refractivity contribution is 5.90. The van der Waals surface area contributed by atoms with E-state index in [1.165, 1.54) is 0 Å². The van der Waals surface area contributed by atoms with Gasteiger partial charge in [-0.2, -0.15) is 0 Å². The zero-order valence-corrected chi connectivity index (χ0v) is 13.4. The molecule has 0 aliphatic rings. The summed E-state index contributed by atoms with van der Waals surface area (Å²) in [5, 5.41) is 2.93. The molecule has 0 fully saturated rings. The molecule has 1 N–H and O–H groups in total. The number of imidazole rings is 1. The maximum Gasteiger partial charge on any atom is 0.226 e. The van der Waals surface area contributed by atoms with Crippen molar-refractivity contribution in [2.75, 3.05) is 5.32 Å². The van der Waals surface area contributed by atoms with Crippen LogP contribution in [0.25, 0.3) is 5.69 Å². The lowest BCUT2D eigenvalue weighted by molar-refractivity contribution is -0.116. The highest BCUT2D eigenvalue weighted by Crippen LogP contribution is 2.16. The number of carbonyl (C=O) groups excluding carboxylic acids is 1. The molecule has 3 rings (SSSR count). The minimum Gasteiger partial charge on any atom is -0.354 e. The standard InChI is InChI=1S/C18H20N4O/c1-14-15(2)22(13-19-14)17-7-5-16(6-8-17)20-18(23)9-12-21-10-3-4-11-21/h3-8,10-11,13H,9,12H2,1-2H3,(H,20,23). The van der Waals surface area contributed by atoms with E-state index in [-0.39, 0.29) is 5.91 Å². The summed E-state index contributed by atoms with van der Waals surface area (Å²) in [6, 6.07) is 11.7. The van der Waals surface area contributed by atoms with Crippen molar-refractivity contribution in [1.29, 1.82) is 0 Å². The Kier molecular flexibility index (Phi) is 4.28. The van der Waals surface area contributed by atoms with Gasteiger partial charge in [0.2, 0.25) is 5.91 Å². The zero-order chi connectivity index (χ0) is 16.2. The van der Waals surface area contributed by atoms with Crippen LogP contribution in [0, 0.1) is 13.8 Å². The Morgan fingerprint density at radius 1 is 1.13 bits per heavy atom. The van der Waals surface area contributed by atoms with Crippen LogP contribution in [0.1, 0.15) is 17.8 Å². The quantitative estimate of drug-likeness (QED) is 0.786. The molecule has 0 saturated carbocycles. The first kappa shape index (κ1) is 15.1. The minimum absolute atomic E-state index is 0.0149. The molecule has 0 atom stereocenters. The van der Waals surface area contributed by atoms with Crippen molar-refractivity contribution in [2.24, 2.45) is 0 Å². The number of carbonyl (C=O) groups is 1. The third kappa shape index (κ3) is 3.51. The Morgan fingerprint density at radius 3 is 2.43 bits per heavy atom. The van der Waals surface area contributed by atoms with Crippen LogP contribution >= 0.6 is 0 Å². The number of aromatic nitrogens is 3. The number of anilines is 1. The molecule has 118 valence electrons. The Morgan fingerprint density at radius 2 is 1.83 bits per heavy atom. The van der Waals surface area contributed by atoms with Crippen LogP contribution in [0.5, 0.6) is 0 Å². The van der Waals surface area contributed by atoms with Crippen LogP contribution in [0.2, 0.25) is 0 Å². The summed E-state index contributed by atoms with van der Waals surface area (Å²) in [6.45, 7) is 4.72. The third-order valence-electron chi connectivity index (χ3n) is 3.94. The SMILES string of the molecule is Cc1ncn(-c2ccc(NC(=O)CCn3cccc3)cc2)c1C. The van der Waals surface area contributed by atoms with Crippen LogP contribution in [0.3, 0.4) is 0 Å². The number of rotatable bonds is 5. The largest absolute Gasteiger partial charge is 0.354 e. The molecule has 0 saturated heterocycles. The smallest absolute Gasteiger partial charge is 0.226 e. The van der Waals surface area contributed by atoms with E-state index in [0.29, 0.717) is 13.0 Å². The van der Waals surface area contributed by atoms with E-state index >= 15 is 0 Å². The van der Waals surface area contributed by atoms with E-state index in [4.69, 9.17) is 0 Å². The molecule has 5 heteroatoms. The molecule has 0 bridgehead atoms. The van der Waals surface area contributed by atoms with Crippen LogP contribution in [-0.2, 0) is 11.3 Å². The Balaban J connectivity index is 1.61. The molecule has 23 heavy (non-hydrogen) atoms. The number of hydrogen-bond donors (Lipinski definition) is 1. The van der Waals surface area contributed by atoms with Gasteiger partial charge in [0.25, 0.3) is 0 Å². The van der Waals surface area contributed by atoms with E-state index in [2.05, 4.69) is 10.3 Å². The monoisotopic (exact) mass is 308 g/mol. The predicted octanol–water partition coefficient (Wildman–Crippen LogP) is 3.32. The van der Waals surface area contributed by atoms with Crippen LogP contribution < -0.4 is 5.32 Å². The minimum atomic E-state index is 0.0149. The fourth-order valence-corrected chi connectivity index (χ4v) is 2.44. The molecule has 2 aromatic heterocycles. The van der Waals surface area contributed by atoms with Crippen molar-refractivity contribution >= 4 is 11.6 Å². The van der Waals surface area contributed by atoms with Gasteiger partial charge >= 0.3 is 0 Å². The summed E-state index contributed by atoms with van der Waals surface area (Å²) in [6.07, 6.45) is 6.18. The number of benzene rings is 1. The van der Waals surface area contributed by atoms with Gasteiger partial charge in [-0.15, -0.1) is 0 Å². The summed E-state index contributed by atoms with van der Waals surface area (Å²) < 4.78 is 4.03. The first-order valence-electron chi connectivity index (χ1n) is 7.65. The van der Waals surface area contributed by atoms with Gasteiger partial charge in [-0.3, -0.25) is 4.79 Å². The average Bonchev–Trinajstić information content (AvgIpc) is 3.18. The highest BCUT2D eigenvalue weighted by atomic mass is 16.1. The predicted molar refractivity (Wildman–Crippen MR) is 90.7 cm³/mol. The van der Waals surface area contributed by atoms with Gasteiger partial charge in [0.1, 0.15) is 0 Å². The number of hydrogen-bond acceptors (Lipinski definition) is 2. The maximum absolute atomic E-state index is 12.0. The van der Waals surface area contributed by atoms with Gasteiger partial charge in [0, 0.05) is 42.4 Å². The second-order valence-electron chi connectivity index (χ2n) is 5.55. The van der Waals surface area contributed by atoms with Crippen molar-refractivity contribution in [3.63, 3.8) is 0 Å². The number of nitrogens with zero attached hydrogens (tertiary/aromatic N) is 3. The fraction of sp³-hybridized carbons (Fsp3) is 0.222. The molecular weight excluding hydrogens is 288 g/mol. The van der Waals surface area contributed by atoms with Crippen molar-refractivity contribution in [1.82, 2.24) is 14.1 Å². The molecule has 0 spiro atoms. The molecule has 1 aromatic carbocycles. The molecule has 1 amide bonds. The Bertz CT molecular complexity index is 785. The van der Waals surface area contributed by atoms with Crippen molar-refractivity contribution in [3.8, 4) is 5.69 Å². The zero-order valence-electron chi connectivity index (χ0n) is 13.4. The van der Waals surface area contributed by atoms with Crippen molar-refractivity contribution < 1.29 is 4.79 Å². The van der Waals surface area contributed by atoms with Crippen molar-refractivity contribution in [2.45, 2.75) is 26.8 Å². The number of nitrogens with one attached hydrogen (secondary N) is 1. The van der Waals surface area contributed by atoms with E-state index in [1.807, 2.05) is 78.1 Å².